The van der Waals surface area contributed by atoms with E-state index in [9.17, 15) is 4.79 Å². The predicted molar refractivity (Wildman–Crippen MR) is 106 cm³/mol. The molecule has 1 amide bonds. The summed E-state index contributed by atoms with van der Waals surface area (Å²) in [5.41, 5.74) is 0. The minimum Gasteiger partial charge on any atom is -0.410 e. The summed E-state index contributed by atoms with van der Waals surface area (Å²) in [5, 5.41) is 18.9. The highest BCUT2D eigenvalue weighted by Crippen LogP contribution is 2.30. The molecule has 6 nitrogen and oxygen atoms in total. The molecule has 2 N–H and O–H groups in total. The van der Waals surface area contributed by atoms with Gasteiger partial charge in [0.25, 0.3) is 0 Å². The van der Waals surface area contributed by atoms with Crippen LogP contribution in [0.15, 0.2) is 24.3 Å². The van der Waals surface area contributed by atoms with Crippen molar-refractivity contribution in [3.05, 3.63) is 29.3 Å². The van der Waals surface area contributed by atoms with Crippen molar-refractivity contribution in [1.82, 2.24) is 9.80 Å². The molecule has 0 radical (unpaired) electrons. The van der Waals surface area contributed by atoms with E-state index in [1.807, 2.05) is 0 Å². The lowest BCUT2D eigenvalue weighted by atomic mass is 9.81. The molecule has 1 fully saturated rings. The van der Waals surface area contributed by atoms with Gasteiger partial charge in [0, 0.05) is 38.2 Å². The number of benzene rings is 1. The third kappa shape index (κ3) is 7.66. The number of nitrogens with zero attached hydrogens (tertiary/aromatic N) is 2. The van der Waals surface area contributed by atoms with E-state index in [4.69, 9.17) is 26.6 Å². The van der Waals surface area contributed by atoms with Crippen LogP contribution >= 0.6 is 11.6 Å². The van der Waals surface area contributed by atoms with E-state index in [1.165, 1.54) is 0 Å². The highest BCUT2D eigenvalue weighted by atomic mass is 35.5. The van der Waals surface area contributed by atoms with Gasteiger partial charge in [-0.1, -0.05) is 11.6 Å². The van der Waals surface area contributed by atoms with E-state index in [0.29, 0.717) is 42.2 Å². The molecule has 2 rings (SSSR count). The summed E-state index contributed by atoms with van der Waals surface area (Å²) in [6.45, 7) is 3.07. The van der Waals surface area contributed by atoms with Crippen LogP contribution in [0.25, 0.3) is 0 Å². The molecule has 0 atom stereocenters. The van der Waals surface area contributed by atoms with Gasteiger partial charge in [0.15, 0.2) is 0 Å². The van der Waals surface area contributed by atoms with Crippen molar-refractivity contribution >= 4 is 17.7 Å². The fraction of sp³-hybridized carbons (Fsp3) is 0.650. The second-order valence-corrected chi connectivity index (χ2v) is 7.77. The topological polar surface area (TPSA) is 73.2 Å². The van der Waals surface area contributed by atoms with Gasteiger partial charge in [-0.25, -0.2) is 4.79 Å². The smallest absolute Gasteiger partial charge is 0.410 e. The Hall–Kier alpha value is -1.34. The number of rotatable bonds is 9. The molecule has 152 valence electrons. The van der Waals surface area contributed by atoms with Crippen molar-refractivity contribution in [2.75, 3.05) is 46.4 Å². The van der Waals surface area contributed by atoms with Crippen LogP contribution in [-0.4, -0.2) is 72.5 Å². The van der Waals surface area contributed by atoms with Gasteiger partial charge >= 0.3 is 6.09 Å². The monoisotopic (exact) mass is 398 g/mol. The Bertz CT molecular complexity index is 556. The summed E-state index contributed by atoms with van der Waals surface area (Å²) < 4.78 is 5.37. The van der Waals surface area contributed by atoms with Gasteiger partial charge in [0.2, 0.25) is 0 Å². The van der Waals surface area contributed by atoms with Gasteiger partial charge in [-0.3, -0.25) is 4.90 Å². The minimum absolute atomic E-state index is 0.121. The Morgan fingerprint density at radius 3 is 2.07 bits per heavy atom. The first kappa shape index (κ1) is 22.0. The zero-order chi connectivity index (χ0) is 19.6. The summed E-state index contributed by atoms with van der Waals surface area (Å²) in [6, 6.07) is 6.76. The molecule has 0 spiro atoms. The first-order valence-electron chi connectivity index (χ1n) is 9.64. The number of aliphatic hydroxyl groups is 2. The molecule has 0 saturated heterocycles. The average molecular weight is 399 g/mol. The lowest BCUT2D eigenvalue weighted by Crippen LogP contribution is -2.38. The molecule has 1 aromatic carbocycles. The predicted octanol–water partition coefficient (Wildman–Crippen LogP) is 2.86. The van der Waals surface area contributed by atoms with Crippen molar-refractivity contribution in [3.8, 4) is 5.75 Å². The van der Waals surface area contributed by atoms with E-state index >= 15 is 0 Å². The van der Waals surface area contributed by atoms with Crippen LogP contribution in [0.3, 0.4) is 0 Å². The quantitative estimate of drug-likeness (QED) is 0.669. The number of hydrogen-bond acceptors (Lipinski definition) is 5. The number of halogens is 1. The van der Waals surface area contributed by atoms with E-state index in [1.54, 1.807) is 36.2 Å². The van der Waals surface area contributed by atoms with Crippen LogP contribution in [-0.2, 0) is 0 Å². The second kappa shape index (κ2) is 11.5. The van der Waals surface area contributed by atoms with Crippen LogP contribution in [0.4, 0.5) is 4.79 Å². The van der Waals surface area contributed by atoms with E-state index in [0.717, 1.165) is 32.2 Å². The Balaban J connectivity index is 1.72. The number of aliphatic hydroxyl groups excluding tert-OH is 2. The Morgan fingerprint density at radius 1 is 1.04 bits per heavy atom. The first-order chi connectivity index (χ1) is 13.0. The Morgan fingerprint density at radius 2 is 1.56 bits per heavy atom. The van der Waals surface area contributed by atoms with Crippen LogP contribution in [0.1, 0.15) is 25.7 Å². The van der Waals surface area contributed by atoms with Crippen molar-refractivity contribution in [1.29, 1.82) is 0 Å². The van der Waals surface area contributed by atoms with Crippen molar-refractivity contribution in [2.24, 2.45) is 11.8 Å². The maximum Gasteiger partial charge on any atom is 0.414 e. The molecule has 0 aromatic heterocycles. The fourth-order valence-electron chi connectivity index (χ4n) is 3.68. The van der Waals surface area contributed by atoms with E-state index in [-0.39, 0.29) is 19.3 Å². The second-order valence-electron chi connectivity index (χ2n) is 7.34. The third-order valence-corrected chi connectivity index (χ3v) is 5.43. The fourth-order valence-corrected chi connectivity index (χ4v) is 3.81. The van der Waals surface area contributed by atoms with Gasteiger partial charge < -0.3 is 19.8 Å². The molecule has 1 aliphatic carbocycles. The molecule has 0 aliphatic heterocycles. The van der Waals surface area contributed by atoms with Crippen LogP contribution in [0.5, 0.6) is 5.75 Å². The normalized spacial score (nSPS) is 19.9. The summed E-state index contributed by atoms with van der Waals surface area (Å²) >= 11 is 5.84. The number of carbonyl (C=O) groups is 1. The van der Waals surface area contributed by atoms with Gasteiger partial charge in [-0.15, -0.1) is 0 Å². The van der Waals surface area contributed by atoms with Gasteiger partial charge in [-0.2, -0.15) is 0 Å². The van der Waals surface area contributed by atoms with Crippen LogP contribution < -0.4 is 4.74 Å². The van der Waals surface area contributed by atoms with Crippen LogP contribution in [0, 0.1) is 11.8 Å². The Labute approximate surface area is 166 Å². The first-order valence-corrected chi connectivity index (χ1v) is 10.0. The molecular formula is C20H31ClN2O4. The highest BCUT2D eigenvalue weighted by molar-refractivity contribution is 6.30. The maximum absolute atomic E-state index is 12.2. The molecular weight excluding hydrogens is 368 g/mol. The molecule has 27 heavy (non-hydrogen) atoms. The molecule has 0 unspecified atom stereocenters. The molecule has 1 aliphatic rings. The van der Waals surface area contributed by atoms with Gasteiger partial charge in [-0.05, 0) is 61.8 Å². The molecule has 1 aromatic rings. The summed E-state index contributed by atoms with van der Waals surface area (Å²) in [7, 11) is 1.77. The van der Waals surface area contributed by atoms with Gasteiger partial charge in [0.1, 0.15) is 5.75 Å². The largest absolute Gasteiger partial charge is 0.414 e. The highest BCUT2D eigenvalue weighted by Gasteiger charge is 2.25. The lowest BCUT2D eigenvalue weighted by molar-refractivity contribution is 0.118. The molecule has 7 heteroatoms. The van der Waals surface area contributed by atoms with Crippen molar-refractivity contribution in [3.63, 3.8) is 0 Å². The zero-order valence-corrected chi connectivity index (χ0v) is 16.8. The van der Waals surface area contributed by atoms with E-state index < -0.39 is 0 Å². The van der Waals surface area contributed by atoms with Crippen molar-refractivity contribution in [2.45, 2.75) is 25.7 Å². The van der Waals surface area contributed by atoms with Gasteiger partial charge in [0.05, 0.1) is 13.2 Å². The Kier molecular flexibility index (Phi) is 9.34. The molecule has 0 bridgehead atoms. The maximum atomic E-state index is 12.2. The third-order valence-electron chi connectivity index (χ3n) is 5.18. The number of ether oxygens (including phenoxy) is 1. The zero-order valence-electron chi connectivity index (χ0n) is 16.0. The summed E-state index contributed by atoms with van der Waals surface area (Å²) in [6.07, 6.45) is 4.03. The van der Waals surface area contributed by atoms with Crippen molar-refractivity contribution < 1.29 is 19.7 Å². The summed E-state index contributed by atoms with van der Waals surface area (Å²) in [5.74, 6) is 1.56. The summed E-state index contributed by atoms with van der Waals surface area (Å²) in [4.78, 5) is 16.0. The lowest BCUT2D eigenvalue weighted by Gasteiger charge is -2.33. The average Bonchev–Trinajstić information content (AvgIpc) is 2.65. The van der Waals surface area contributed by atoms with E-state index in [2.05, 4.69) is 4.90 Å². The number of amides is 1. The molecule has 0 heterocycles. The number of hydrogen-bond donors (Lipinski definition) is 2. The SMILES string of the molecule is CN(CC1CCC(CN(CCO)CCO)CC1)C(=O)Oc1ccc(Cl)cc1. The molecule has 1 saturated carbocycles. The number of carbonyl (C=O) groups excluding carboxylic acids is 1. The minimum atomic E-state index is -0.350. The standard InChI is InChI=1S/C20H31ClN2O4/c1-22(20(26)27-19-8-6-18(21)7-9-19)14-16-2-4-17(5-3-16)15-23(10-12-24)11-13-25/h6-9,16-17,24-25H,2-5,10-15H2,1H3. The van der Waals surface area contributed by atoms with Crippen LogP contribution in [0.2, 0.25) is 5.02 Å².